The molecule has 3 rings (SSSR count). The Kier molecular flexibility index (Phi) is 5.72. The van der Waals surface area contributed by atoms with Gasteiger partial charge in [0, 0.05) is 6.04 Å². The lowest BCUT2D eigenvalue weighted by Crippen LogP contribution is -3.19. The van der Waals surface area contributed by atoms with Gasteiger partial charge in [-0.15, -0.1) is 0 Å². The Balaban J connectivity index is 1.53. The van der Waals surface area contributed by atoms with Gasteiger partial charge in [-0.2, -0.15) is 0 Å². The fourth-order valence-corrected chi connectivity index (χ4v) is 5.45. The molecule has 0 unspecified atom stereocenters. The van der Waals surface area contributed by atoms with E-state index in [9.17, 15) is 13.2 Å². The van der Waals surface area contributed by atoms with Gasteiger partial charge in [0.05, 0.1) is 50.5 Å². The summed E-state index contributed by atoms with van der Waals surface area (Å²) in [5.41, 5.74) is 1.09. The molecule has 1 aromatic rings. The molecule has 8 heteroatoms. The maximum atomic E-state index is 12.5. The Hall–Kier alpha value is -1.80. The van der Waals surface area contributed by atoms with E-state index in [0.29, 0.717) is 6.42 Å². The number of hydrogen-bond acceptors (Lipinski definition) is 5. The number of carbonyl (C=O) groups excluding carboxylic acids is 1. The highest BCUT2D eigenvalue weighted by molar-refractivity contribution is 7.91. The third kappa shape index (κ3) is 4.29. The third-order valence-electron chi connectivity index (χ3n) is 5.42. The minimum absolute atomic E-state index is 0.0483. The van der Waals surface area contributed by atoms with Crippen molar-refractivity contribution < 1.29 is 22.8 Å². The number of benzene rings is 1. The van der Waals surface area contributed by atoms with Crippen molar-refractivity contribution in [3.63, 3.8) is 0 Å². The highest BCUT2D eigenvalue weighted by Crippen LogP contribution is 2.27. The number of hydrogen-bond donors (Lipinski definition) is 2. The van der Waals surface area contributed by atoms with Gasteiger partial charge in [0.1, 0.15) is 5.75 Å². The number of quaternary nitrogens is 1. The summed E-state index contributed by atoms with van der Waals surface area (Å²) in [6, 6.07) is 7.56. The zero-order valence-corrected chi connectivity index (χ0v) is 16.2. The van der Waals surface area contributed by atoms with E-state index in [2.05, 4.69) is 16.3 Å². The number of para-hydroxylation sites is 2. The molecule has 2 aliphatic rings. The molecular formula is C18H28N3O4S+. The van der Waals surface area contributed by atoms with Gasteiger partial charge in [-0.05, 0) is 25.5 Å². The fourth-order valence-electron chi connectivity index (χ4n) is 3.78. The monoisotopic (exact) mass is 382 g/mol. The molecule has 0 spiro atoms. The molecule has 0 radical (unpaired) electrons. The van der Waals surface area contributed by atoms with Gasteiger partial charge >= 0.3 is 0 Å². The Morgan fingerprint density at radius 1 is 1.31 bits per heavy atom. The number of anilines is 1. The van der Waals surface area contributed by atoms with Crippen molar-refractivity contribution in [2.75, 3.05) is 49.7 Å². The van der Waals surface area contributed by atoms with E-state index in [0.717, 1.165) is 37.6 Å². The molecule has 2 atom stereocenters. The molecule has 2 aliphatic heterocycles. The summed E-state index contributed by atoms with van der Waals surface area (Å²) >= 11 is 0. The van der Waals surface area contributed by atoms with Gasteiger partial charge in [0.2, 0.25) is 0 Å². The molecule has 1 aromatic carbocycles. The summed E-state index contributed by atoms with van der Waals surface area (Å²) in [5, 5.41) is 2.92. The molecule has 1 amide bonds. The molecule has 26 heavy (non-hydrogen) atoms. The van der Waals surface area contributed by atoms with Crippen LogP contribution in [-0.2, 0) is 14.6 Å². The number of nitrogens with one attached hydrogen (secondary N) is 2. The van der Waals surface area contributed by atoms with E-state index in [1.807, 2.05) is 25.1 Å². The number of rotatable bonds is 5. The quantitative estimate of drug-likeness (QED) is 0.689. The molecule has 0 aliphatic carbocycles. The van der Waals surface area contributed by atoms with Crippen molar-refractivity contribution in [1.82, 2.24) is 5.32 Å². The van der Waals surface area contributed by atoms with Gasteiger partial charge in [0.15, 0.2) is 15.9 Å². The van der Waals surface area contributed by atoms with Crippen LogP contribution in [0.25, 0.3) is 0 Å². The maximum Gasteiger partial charge on any atom is 0.278 e. The molecule has 2 saturated heterocycles. The predicted octanol–water partition coefficient (Wildman–Crippen LogP) is -0.908. The van der Waals surface area contributed by atoms with Crippen molar-refractivity contribution >= 4 is 21.4 Å². The molecule has 0 saturated carbocycles. The van der Waals surface area contributed by atoms with Gasteiger partial charge in [-0.1, -0.05) is 12.1 Å². The standard InChI is InChI=1S/C18H27N3O4S/c1-14(18(22)19-15-7-12-26(23,24)13-15)20-8-10-21(11-9-20)16-5-3-4-6-17(16)25-2/h3-6,14-15H,7-13H2,1-2H3,(H,19,22)/p+1/t14-,15+/m0/s1. The van der Waals surface area contributed by atoms with Crippen molar-refractivity contribution in [2.24, 2.45) is 0 Å². The summed E-state index contributed by atoms with van der Waals surface area (Å²) < 4.78 is 28.5. The van der Waals surface area contributed by atoms with Crippen LogP contribution < -0.4 is 19.9 Å². The summed E-state index contributed by atoms with van der Waals surface area (Å²) in [6.07, 6.45) is 0.526. The van der Waals surface area contributed by atoms with E-state index >= 15 is 0 Å². The van der Waals surface area contributed by atoms with Crippen LogP contribution in [0.2, 0.25) is 0 Å². The van der Waals surface area contributed by atoms with Crippen LogP contribution in [0.5, 0.6) is 5.75 Å². The smallest absolute Gasteiger partial charge is 0.278 e. The lowest BCUT2D eigenvalue weighted by atomic mass is 10.1. The van der Waals surface area contributed by atoms with Crippen LogP contribution in [0.1, 0.15) is 13.3 Å². The largest absolute Gasteiger partial charge is 0.495 e. The van der Waals surface area contributed by atoms with Crippen LogP contribution in [0, 0.1) is 0 Å². The molecule has 0 bridgehead atoms. The highest BCUT2D eigenvalue weighted by Gasteiger charge is 2.34. The van der Waals surface area contributed by atoms with Crippen molar-refractivity contribution in [3.8, 4) is 5.75 Å². The lowest BCUT2D eigenvalue weighted by molar-refractivity contribution is -0.914. The Morgan fingerprint density at radius 3 is 2.62 bits per heavy atom. The first-order valence-corrected chi connectivity index (χ1v) is 10.9. The minimum Gasteiger partial charge on any atom is -0.495 e. The van der Waals surface area contributed by atoms with E-state index < -0.39 is 9.84 Å². The van der Waals surface area contributed by atoms with Crippen LogP contribution in [0.3, 0.4) is 0 Å². The van der Waals surface area contributed by atoms with Crippen LogP contribution in [-0.4, -0.2) is 71.2 Å². The summed E-state index contributed by atoms with van der Waals surface area (Å²) in [5.74, 6) is 1.07. The van der Waals surface area contributed by atoms with Gasteiger partial charge < -0.3 is 19.9 Å². The maximum absolute atomic E-state index is 12.5. The summed E-state index contributed by atoms with van der Waals surface area (Å²) in [4.78, 5) is 16.0. The summed E-state index contributed by atoms with van der Waals surface area (Å²) in [7, 11) is -1.30. The van der Waals surface area contributed by atoms with Gasteiger partial charge in [-0.25, -0.2) is 8.42 Å². The first-order valence-electron chi connectivity index (χ1n) is 9.13. The summed E-state index contributed by atoms with van der Waals surface area (Å²) in [6.45, 7) is 5.34. The number of methoxy groups -OCH3 is 1. The average molecular weight is 383 g/mol. The zero-order chi connectivity index (χ0) is 18.7. The Labute approximate surface area is 155 Å². The molecule has 0 aromatic heterocycles. The van der Waals surface area contributed by atoms with E-state index in [1.165, 1.54) is 4.90 Å². The van der Waals surface area contributed by atoms with Crippen molar-refractivity contribution in [1.29, 1.82) is 0 Å². The zero-order valence-electron chi connectivity index (χ0n) is 15.4. The second-order valence-electron chi connectivity index (χ2n) is 7.15. The van der Waals surface area contributed by atoms with E-state index in [1.54, 1.807) is 7.11 Å². The van der Waals surface area contributed by atoms with Gasteiger partial charge in [-0.3, -0.25) is 4.79 Å². The Morgan fingerprint density at radius 2 is 2.00 bits per heavy atom. The highest BCUT2D eigenvalue weighted by atomic mass is 32.2. The van der Waals surface area contributed by atoms with E-state index in [4.69, 9.17) is 4.74 Å². The number of ether oxygens (including phenoxy) is 1. The van der Waals surface area contributed by atoms with Gasteiger partial charge in [0.25, 0.3) is 5.91 Å². The van der Waals surface area contributed by atoms with Crippen LogP contribution in [0.15, 0.2) is 24.3 Å². The topological polar surface area (TPSA) is 80.2 Å². The average Bonchev–Trinajstić information content (AvgIpc) is 2.99. The second-order valence-corrected chi connectivity index (χ2v) is 9.38. The van der Waals surface area contributed by atoms with Crippen LogP contribution >= 0.6 is 0 Å². The van der Waals surface area contributed by atoms with Crippen molar-refractivity contribution in [2.45, 2.75) is 25.4 Å². The normalized spacial score (nSPS) is 24.2. The lowest BCUT2D eigenvalue weighted by Gasteiger charge is -2.36. The number of amides is 1. The van der Waals surface area contributed by atoms with Crippen molar-refractivity contribution in [3.05, 3.63) is 24.3 Å². The SMILES string of the molecule is COc1ccccc1N1CC[NH+]([C@@H](C)C(=O)N[C@@H]2CCS(=O)(=O)C2)CC1. The first-order chi connectivity index (χ1) is 12.4. The minimum atomic E-state index is -2.98. The molecule has 2 N–H and O–H groups in total. The molecule has 144 valence electrons. The third-order valence-corrected chi connectivity index (χ3v) is 7.18. The predicted molar refractivity (Wildman–Crippen MR) is 101 cm³/mol. The number of nitrogens with zero attached hydrogens (tertiary/aromatic N) is 1. The Bertz CT molecular complexity index is 745. The first kappa shape index (κ1) is 19.0. The number of carbonyl (C=O) groups is 1. The molecule has 2 heterocycles. The fraction of sp³-hybridized carbons (Fsp3) is 0.611. The second kappa shape index (κ2) is 7.84. The molecule has 2 fully saturated rings. The van der Waals surface area contributed by atoms with Crippen LogP contribution in [0.4, 0.5) is 5.69 Å². The van der Waals surface area contributed by atoms with E-state index in [-0.39, 0.29) is 29.5 Å². The molecule has 7 nitrogen and oxygen atoms in total. The number of piperazine rings is 1. The number of sulfone groups is 1. The molecular weight excluding hydrogens is 354 g/mol.